The molecule has 0 aliphatic carbocycles. The monoisotopic (exact) mass is 438 g/mol. The molecule has 2 amide bonds. The Morgan fingerprint density at radius 1 is 1.03 bits per heavy atom. The van der Waals surface area contributed by atoms with Crippen LogP contribution >= 0.6 is 23.2 Å². The number of hydrogen-bond acceptors (Lipinski definition) is 3. The van der Waals surface area contributed by atoms with Crippen molar-refractivity contribution in [1.29, 1.82) is 0 Å². The molecule has 0 fully saturated rings. The third kappa shape index (κ3) is 4.48. The van der Waals surface area contributed by atoms with Gasteiger partial charge in [0.15, 0.2) is 11.5 Å². The molecule has 1 aliphatic heterocycles. The maximum absolute atomic E-state index is 12.5. The summed E-state index contributed by atoms with van der Waals surface area (Å²) in [6, 6.07) is 19.2. The third-order valence-electron chi connectivity index (χ3n) is 4.50. The number of anilines is 1. The number of carbonyl (C=O) groups excluding carboxylic acids is 2. The Labute approximate surface area is 183 Å². The second-order valence-corrected chi connectivity index (χ2v) is 7.44. The Balaban J connectivity index is 1.48. The quantitative estimate of drug-likeness (QED) is 0.543. The number of ether oxygens (including phenoxy) is 1. The lowest BCUT2D eigenvalue weighted by molar-refractivity contribution is -0.115. The molecule has 0 radical (unpaired) electrons. The molecule has 0 bridgehead atoms. The largest absolute Gasteiger partial charge is 0.449 e. The molecule has 1 heterocycles. The van der Waals surface area contributed by atoms with Crippen molar-refractivity contribution in [2.45, 2.75) is 6.54 Å². The van der Waals surface area contributed by atoms with E-state index in [1.165, 1.54) is 0 Å². The van der Waals surface area contributed by atoms with Gasteiger partial charge in [0.05, 0.1) is 5.69 Å². The van der Waals surface area contributed by atoms with Gasteiger partial charge in [-0.25, -0.2) is 0 Å². The number of carbonyl (C=O) groups is 2. The fourth-order valence-electron chi connectivity index (χ4n) is 2.93. The van der Waals surface area contributed by atoms with E-state index in [1.807, 2.05) is 18.2 Å². The van der Waals surface area contributed by atoms with E-state index in [1.54, 1.807) is 54.6 Å². The molecule has 0 unspecified atom stereocenters. The van der Waals surface area contributed by atoms with Crippen molar-refractivity contribution in [3.8, 4) is 5.75 Å². The molecule has 0 saturated carbocycles. The Morgan fingerprint density at radius 3 is 2.57 bits per heavy atom. The summed E-state index contributed by atoms with van der Waals surface area (Å²) in [6.07, 6.45) is 1.62. The molecule has 4 rings (SSSR count). The number of amides is 2. The van der Waals surface area contributed by atoms with E-state index >= 15 is 0 Å². The predicted molar refractivity (Wildman–Crippen MR) is 118 cm³/mol. The first-order valence-electron chi connectivity index (χ1n) is 9.12. The van der Waals surface area contributed by atoms with Gasteiger partial charge in [-0.3, -0.25) is 9.59 Å². The zero-order chi connectivity index (χ0) is 21.1. The van der Waals surface area contributed by atoms with Gasteiger partial charge in [0.25, 0.3) is 11.8 Å². The first-order valence-corrected chi connectivity index (χ1v) is 9.87. The highest BCUT2D eigenvalue weighted by Crippen LogP contribution is 2.32. The van der Waals surface area contributed by atoms with E-state index in [-0.39, 0.29) is 11.7 Å². The zero-order valence-corrected chi connectivity index (χ0v) is 17.1. The molecule has 0 saturated heterocycles. The molecular weight excluding hydrogens is 423 g/mol. The van der Waals surface area contributed by atoms with Crippen LogP contribution in [0, 0.1) is 0 Å². The minimum absolute atomic E-state index is 0.153. The van der Waals surface area contributed by atoms with Crippen LogP contribution in [0.5, 0.6) is 5.75 Å². The Bertz CT molecular complexity index is 1160. The zero-order valence-electron chi connectivity index (χ0n) is 15.6. The van der Waals surface area contributed by atoms with E-state index in [4.69, 9.17) is 27.9 Å². The van der Waals surface area contributed by atoms with Crippen molar-refractivity contribution in [1.82, 2.24) is 5.32 Å². The maximum Gasteiger partial charge on any atom is 0.291 e. The summed E-state index contributed by atoms with van der Waals surface area (Å²) in [4.78, 5) is 24.9. The van der Waals surface area contributed by atoms with Gasteiger partial charge < -0.3 is 15.4 Å². The molecule has 30 heavy (non-hydrogen) atoms. The van der Waals surface area contributed by atoms with Gasteiger partial charge >= 0.3 is 0 Å². The molecule has 2 N–H and O–H groups in total. The highest BCUT2D eigenvalue weighted by Gasteiger charge is 2.23. The SMILES string of the molecule is O=C1Nc2cc(C(=O)NCc3ccccc3Cl)ccc2OC1=Cc1ccc(Cl)cc1. The number of benzene rings is 3. The average Bonchev–Trinajstić information content (AvgIpc) is 2.74. The first-order chi connectivity index (χ1) is 14.5. The lowest BCUT2D eigenvalue weighted by atomic mass is 10.1. The molecule has 3 aromatic rings. The van der Waals surface area contributed by atoms with Crippen LogP contribution < -0.4 is 15.4 Å². The van der Waals surface area contributed by atoms with Crippen LogP contribution in [0.25, 0.3) is 6.08 Å². The van der Waals surface area contributed by atoms with Crippen LogP contribution in [0.1, 0.15) is 21.5 Å². The van der Waals surface area contributed by atoms with E-state index in [0.717, 1.165) is 11.1 Å². The van der Waals surface area contributed by atoms with Gasteiger partial charge in [-0.05, 0) is 53.6 Å². The van der Waals surface area contributed by atoms with Crippen LogP contribution in [0.2, 0.25) is 10.0 Å². The normalized spacial score (nSPS) is 13.9. The molecule has 150 valence electrons. The summed E-state index contributed by atoms with van der Waals surface area (Å²) in [5.41, 5.74) is 2.43. The van der Waals surface area contributed by atoms with Crippen LogP contribution in [-0.4, -0.2) is 11.8 Å². The van der Waals surface area contributed by atoms with Gasteiger partial charge in [0, 0.05) is 22.2 Å². The van der Waals surface area contributed by atoms with Crippen LogP contribution in [0.15, 0.2) is 72.5 Å². The number of nitrogens with one attached hydrogen (secondary N) is 2. The Hall–Kier alpha value is -3.28. The summed E-state index contributed by atoms with van der Waals surface area (Å²) in [5.74, 6) is -0.0706. The smallest absolute Gasteiger partial charge is 0.291 e. The second kappa shape index (κ2) is 8.61. The van der Waals surface area contributed by atoms with E-state index < -0.39 is 5.91 Å². The van der Waals surface area contributed by atoms with Crippen LogP contribution in [-0.2, 0) is 11.3 Å². The fourth-order valence-corrected chi connectivity index (χ4v) is 3.26. The summed E-state index contributed by atoms with van der Waals surface area (Å²) in [5, 5.41) is 6.78. The molecule has 3 aromatic carbocycles. The molecule has 0 spiro atoms. The average molecular weight is 439 g/mol. The summed E-state index contributed by atoms with van der Waals surface area (Å²) in [7, 11) is 0. The van der Waals surface area contributed by atoms with Gasteiger partial charge in [-0.15, -0.1) is 0 Å². The predicted octanol–water partition coefficient (Wildman–Crippen LogP) is 5.30. The minimum Gasteiger partial charge on any atom is -0.449 e. The Morgan fingerprint density at radius 2 is 1.80 bits per heavy atom. The van der Waals surface area contributed by atoms with Crippen molar-refractivity contribution in [2.24, 2.45) is 0 Å². The van der Waals surface area contributed by atoms with Crippen molar-refractivity contribution in [3.05, 3.63) is 99.2 Å². The second-order valence-electron chi connectivity index (χ2n) is 6.60. The van der Waals surface area contributed by atoms with E-state index in [0.29, 0.717) is 33.6 Å². The van der Waals surface area contributed by atoms with E-state index in [9.17, 15) is 9.59 Å². The molecule has 0 aromatic heterocycles. The summed E-state index contributed by atoms with van der Waals surface area (Å²) >= 11 is 12.0. The standard InChI is InChI=1S/C23H16Cl2N2O3/c24-17-8-5-14(6-9-17)11-21-23(29)27-19-12-15(7-10-20(19)30-21)22(28)26-13-16-3-1-2-4-18(16)25/h1-12H,13H2,(H,26,28)(H,27,29). The Kier molecular flexibility index (Phi) is 5.74. The van der Waals surface area contributed by atoms with Gasteiger partial charge in [-0.2, -0.15) is 0 Å². The lowest BCUT2D eigenvalue weighted by Crippen LogP contribution is -2.26. The van der Waals surface area contributed by atoms with Gasteiger partial charge in [0.2, 0.25) is 0 Å². The first kappa shape index (κ1) is 20.0. The minimum atomic E-state index is -0.397. The molecule has 7 heteroatoms. The molecule has 5 nitrogen and oxygen atoms in total. The van der Waals surface area contributed by atoms with Crippen LogP contribution in [0.3, 0.4) is 0 Å². The number of halogens is 2. The fraction of sp³-hybridized carbons (Fsp3) is 0.0435. The summed E-state index contributed by atoms with van der Waals surface area (Å²) in [6.45, 7) is 0.298. The van der Waals surface area contributed by atoms with E-state index in [2.05, 4.69) is 10.6 Å². The highest BCUT2D eigenvalue weighted by molar-refractivity contribution is 6.31. The molecule has 1 aliphatic rings. The van der Waals surface area contributed by atoms with Crippen molar-refractivity contribution < 1.29 is 14.3 Å². The van der Waals surface area contributed by atoms with Crippen molar-refractivity contribution in [3.63, 3.8) is 0 Å². The molecule has 0 atom stereocenters. The van der Waals surface area contributed by atoms with Gasteiger partial charge in [0.1, 0.15) is 0 Å². The van der Waals surface area contributed by atoms with Crippen molar-refractivity contribution >= 4 is 46.8 Å². The lowest BCUT2D eigenvalue weighted by Gasteiger charge is -2.20. The summed E-state index contributed by atoms with van der Waals surface area (Å²) < 4.78 is 5.73. The number of fused-ring (bicyclic) bond motifs is 1. The maximum atomic E-state index is 12.5. The third-order valence-corrected chi connectivity index (χ3v) is 5.12. The number of hydrogen-bond donors (Lipinski definition) is 2. The van der Waals surface area contributed by atoms with Crippen molar-refractivity contribution in [2.75, 3.05) is 5.32 Å². The van der Waals surface area contributed by atoms with Crippen LogP contribution in [0.4, 0.5) is 5.69 Å². The number of rotatable bonds is 4. The van der Waals surface area contributed by atoms with Gasteiger partial charge in [-0.1, -0.05) is 53.5 Å². The topological polar surface area (TPSA) is 67.4 Å². The highest BCUT2D eigenvalue weighted by atomic mass is 35.5. The molecular formula is C23H16Cl2N2O3.